The number of halogens is 2. The largest absolute Gasteiger partial charge is 0.314 e. The van der Waals surface area contributed by atoms with Crippen LogP contribution in [0, 0.1) is 17.6 Å². The fourth-order valence-corrected chi connectivity index (χ4v) is 4.54. The molecule has 2 unspecified atom stereocenters. The lowest BCUT2D eigenvalue weighted by Gasteiger charge is -2.33. The third-order valence-electron chi connectivity index (χ3n) is 4.15. The van der Waals surface area contributed by atoms with Crippen molar-refractivity contribution in [3.8, 4) is 0 Å². The van der Waals surface area contributed by atoms with Gasteiger partial charge in [-0.05, 0) is 43.5 Å². The fraction of sp³-hybridized carbons (Fsp3) is 0.538. The maximum absolute atomic E-state index is 13.2. The van der Waals surface area contributed by atoms with Gasteiger partial charge < -0.3 is 5.32 Å². The molecule has 110 valence electrons. The van der Waals surface area contributed by atoms with E-state index in [4.69, 9.17) is 0 Å². The van der Waals surface area contributed by atoms with Crippen LogP contribution in [0.1, 0.15) is 12.8 Å². The number of hydrogen-bond acceptors (Lipinski definition) is 3. The van der Waals surface area contributed by atoms with Gasteiger partial charge in [0.2, 0.25) is 10.0 Å². The second kappa shape index (κ2) is 5.05. The number of hydrogen-bond donors (Lipinski definition) is 1. The van der Waals surface area contributed by atoms with Gasteiger partial charge in [-0.1, -0.05) is 0 Å². The van der Waals surface area contributed by atoms with Crippen LogP contribution in [0.3, 0.4) is 0 Å². The molecule has 2 saturated heterocycles. The van der Waals surface area contributed by atoms with Gasteiger partial charge in [-0.2, -0.15) is 4.31 Å². The van der Waals surface area contributed by atoms with E-state index < -0.39 is 21.7 Å². The molecule has 2 aliphatic rings. The molecule has 0 aliphatic carbocycles. The summed E-state index contributed by atoms with van der Waals surface area (Å²) in [6.07, 6.45) is 1.71. The van der Waals surface area contributed by atoms with E-state index >= 15 is 0 Å². The Bertz CT molecular complexity index is 621. The van der Waals surface area contributed by atoms with Gasteiger partial charge in [0.1, 0.15) is 0 Å². The third kappa shape index (κ3) is 2.34. The minimum absolute atomic E-state index is 0.180. The molecule has 0 radical (unpaired) electrons. The number of rotatable bonds is 2. The first-order chi connectivity index (χ1) is 9.48. The summed E-state index contributed by atoms with van der Waals surface area (Å²) in [5, 5.41) is 3.36. The summed E-state index contributed by atoms with van der Waals surface area (Å²) in [5.74, 6) is -1.87. The topological polar surface area (TPSA) is 49.4 Å². The van der Waals surface area contributed by atoms with Crippen LogP contribution in [0.25, 0.3) is 0 Å². The molecule has 1 N–H and O–H groups in total. The predicted octanol–water partition coefficient (Wildman–Crippen LogP) is 1.34. The van der Waals surface area contributed by atoms with Gasteiger partial charge in [0.05, 0.1) is 4.90 Å². The number of sulfonamides is 1. The first kappa shape index (κ1) is 13.9. The molecule has 1 aromatic carbocycles. The van der Waals surface area contributed by atoms with E-state index in [2.05, 4.69) is 5.32 Å². The predicted molar refractivity (Wildman–Crippen MR) is 69.6 cm³/mol. The van der Waals surface area contributed by atoms with Crippen molar-refractivity contribution >= 4 is 10.0 Å². The van der Waals surface area contributed by atoms with Crippen LogP contribution in [0.4, 0.5) is 8.78 Å². The van der Waals surface area contributed by atoms with Crippen molar-refractivity contribution in [1.29, 1.82) is 0 Å². The average molecular weight is 302 g/mol. The van der Waals surface area contributed by atoms with Crippen molar-refractivity contribution < 1.29 is 17.2 Å². The van der Waals surface area contributed by atoms with Crippen LogP contribution < -0.4 is 5.32 Å². The quantitative estimate of drug-likeness (QED) is 0.897. The highest BCUT2D eigenvalue weighted by molar-refractivity contribution is 7.89. The van der Waals surface area contributed by atoms with E-state index in [0.717, 1.165) is 37.6 Å². The Balaban J connectivity index is 1.86. The van der Waals surface area contributed by atoms with Crippen LogP contribution in [-0.2, 0) is 10.0 Å². The summed E-state index contributed by atoms with van der Waals surface area (Å²) < 4.78 is 52.4. The van der Waals surface area contributed by atoms with Gasteiger partial charge in [0.15, 0.2) is 11.6 Å². The van der Waals surface area contributed by atoms with Gasteiger partial charge in [-0.3, -0.25) is 0 Å². The summed E-state index contributed by atoms with van der Waals surface area (Å²) in [5.41, 5.74) is 0. The summed E-state index contributed by atoms with van der Waals surface area (Å²) in [4.78, 5) is -0.180. The molecule has 7 heteroatoms. The van der Waals surface area contributed by atoms with Crippen molar-refractivity contribution in [3.05, 3.63) is 29.8 Å². The third-order valence-corrected chi connectivity index (χ3v) is 6.01. The molecule has 3 rings (SSSR count). The molecular weight excluding hydrogens is 286 g/mol. The van der Waals surface area contributed by atoms with Crippen LogP contribution >= 0.6 is 0 Å². The fourth-order valence-electron chi connectivity index (χ4n) is 3.02. The van der Waals surface area contributed by atoms with Gasteiger partial charge in [0, 0.05) is 19.1 Å². The van der Waals surface area contributed by atoms with E-state index in [0.29, 0.717) is 25.0 Å². The summed E-state index contributed by atoms with van der Waals surface area (Å²) >= 11 is 0. The van der Waals surface area contributed by atoms with E-state index in [1.165, 1.54) is 4.31 Å². The first-order valence-corrected chi connectivity index (χ1v) is 8.11. The van der Waals surface area contributed by atoms with Gasteiger partial charge >= 0.3 is 0 Å². The van der Waals surface area contributed by atoms with Gasteiger partial charge in [-0.25, -0.2) is 17.2 Å². The van der Waals surface area contributed by atoms with E-state index in [9.17, 15) is 17.2 Å². The Morgan fingerprint density at radius 1 is 1.20 bits per heavy atom. The minimum Gasteiger partial charge on any atom is -0.314 e. The maximum Gasteiger partial charge on any atom is 0.243 e. The molecule has 4 nitrogen and oxygen atoms in total. The molecule has 20 heavy (non-hydrogen) atoms. The molecule has 0 aromatic heterocycles. The summed E-state index contributed by atoms with van der Waals surface area (Å²) in [6, 6.07) is 3.11. The maximum atomic E-state index is 13.2. The summed E-state index contributed by atoms with van der Waals surface area (Å²) in [7, 11) is -3.74. The SMILES string of the molecule is O=S(=O)(c1ccc(F)c(F)c1)N1CCC2NCCC2C1. The average Bonchev–Trinajstić information content (AvgIpc) is 2.89. The Kier molecular flexibility index (Phi) is 3.51. The Morgan fingerprint density at radius 3 is 2.75 bits per heavy atom. The molecule has 2 atom stereocenters. The smallest absolute Gasteiger partial charge is 0.243 e. The number of piperidine rings is 1. The zero-order chi connectivity index (χ0) is 14.3. The van der Waals surface area contributed by atoms with Crippen molar-refractivity contribution in [2.24, 2.45) is 5.92 Å². The van der Waals surface area contributed by atoms with Crippen molar-refractivity contribution in [3.63, 3.8) is 0 Å². The number of nitrogens with zero attached hydrogens (tertiary/aromatic N) is 1. The molecule has 0 bridgehead atoms. The van der Waals surface area contributed by atoms with Crippen molar-refractivity contribution in [1.82, 2.24) is 9.62 Å². The zero-order valence-electron chi connectivity index (χ0n) is 10.9. The molecule has 0 saturated carbocycles. The van der Waals surface area contributed by atoms with E-state index in [-0.39, 0.29) is 4.90 Å². The first-order valence-electron chi connectivity index (χ1n) is 6.67. The molecular formula is C13H16F2N2O2S. The molecule has 2 heterocycles. The number of benzene rings is 1. The standard InChI is InChI=1S/C13H16F2N2O2S/c14-11-2-1-10(7-12(11)15)20(18,19)17-6-4-13-9(8-17)3-5-16-13/h1-2,7,9,13,16H,3-6,8H2. The highest BCUT2D eigenvalue weighted by Crippen LogP contribution is 2.28. The number of nitrogens with one attached hydrogen (secondary N) is 1. The Morgan fingerprint density at radius 2 is 2.00 bits per heavy atom. The van der Waals surface area contributed by atoms with Gasteiger partial charge in [-0.15, -0.1) is 0 Å². The molecule has 0 amide bonds. The van der Waals surface area contributed by atoms with Crippen molar-refractivity contribution in [2.45, 2.75) is 23.8 Å². The van der Waals surface area contributed by atoms with Crippen LogP contribution in [0.15, 0.2) is 23.1 Å². The van der Waals surface area contributed by atoms with Gasteiger partial charge in [0.25, 0.3) is 0 Å². The molecule has 2 fully saturated rings. The highest BCUT2D eigenvalue weighted by atomic mass is 32.2. The summed E-state index contributed by atoms with van der Waals surface area (Å²) in [6.45, 7) is 1.77. The Labute approximate surface area is 116 Å². The second-order valence-corrected chi connectivity index (χ2v) is 7.27. The van der Waals surface area contributed by atoms with E-state index in [1.54, 1.807) is 0 Å². The van der Waals surface area contributed by atoms with Crippen LogP contribution in [0.5, 0.6) is 0 Å². The normalized spacial score (nSPS) is 27.5. The minimum atomic E-state index is -3.74. The van der Waals surface area contributed by atoms with Crippen LogP contribution in [-0.4, -0.2) is 38.4 Å². The second-order valence-electron chi connectivity index (χ2n) is 5.34. The molecule has 0 spiro atoms. The van der Waals surface area contributed by atoms with Crippen LogP contribution in [0.2, 0.25) is 0 Å². The zero-order valence-corrected chi connectivity index (χ0v) is 11.7. The molecule has 2 aliphatic heterocycles. The molecule has 1 aromatic rings. The monoisotopic (exact) mass is 302 g/mol. The highest BCUT2D eigenvalue weighted by Gasteiger charge is 2.37. The lowest BCUT2D eigenvalue weighted by molar-refractivity contribution is 0.247. The lowest BCUT2D eigenvalue weighted by atomic mass is 9.95. The Hall–Kier alpha value is -1.05. The van der Waals surface area contributed by atoms with E-state index in [1.807, 2.05) is 0 Å². The van der Waals surface area contributed by atoms with Crippen molar-refractivity contribution in [2.75, 3.05) is 19.6 Å². The lowest BCUT2D eigenvalue weighted by Crippen LogP contribution is -2.46. The number of fused-ring (bicyclic) bond motifs is 1.